The van der Waals surface area contributed by atoms with Gasteiger partial charge in [0.1, 0.15) is 23.5 Å². The van der Waals surface area contributed by atoms with Crippen LogP contribution in [0.5, 0.6) is 17.2 Å². The molecule has 7 heteroatoms. The first kappa shape index (κ1) is 17.0. The molecule has 1 aromatic carbocycles. The summed E-state index contributed by atoms with van der Waals surface area (Å²) in [5, 5.41) is 0.498. The second-order valence-corrected chi connectivity index (χ2v) is 6.72. The van der Waals surface area contributed by atoms with E-state index in [0.29, 0.717) is 35.4 Å². The van der Waals surface area contributed by atoms with Gasteiger partial charge in [-0.1, -0.05) is 23.7 Å². The fourth-order valence-electron chi connectivity index (χ4n) is 3.18. The molecule has 6 nitrogen and oxygen atoms in total. The minimum absolute atomic E-state index is 0.0307. The number of piperidine rings is 1. The topological polar surface area (TPSA) is 60.9 Å². The second-order valence-electron chi connectivity index (χ2n) is 6.31. The highest BCUT2D eigenvalue weighted by Crippen LogP contribution is 2.32. The van der Waals surface area contributed by atoms with E-state index >= 15 is 0 Å². The van der Waals surface area contributed by atoms with E-state index in [9.17, 15) is 4.79 Å². The van der Waals surface area contributed by atoms with Crippen LogP contribution in [0.1, 0.15) is 12.8 Å². The molecule has 0 bridgehead atoms. The number of fused-ring (bicyclic) bond motifs is 1. The molecule has 2 aliphatic heterocycles. The van der Waals surface area contributed by atoms with Crippen LogP contribution in [0.15, 0.2) is 42.7 Å². The Balaban J connectivity index is 1.32. The standard InChI is InChI=1S/C19H19ClN2O4/c20-14-11-21-8-5-15(14)25-13-6-9-22(10-7-13)19(23)18-12-24-16-3-1-2-4-17(16)26-18/h1-5,8,11,13,18H,6-7,9-10,12H2/t18-/m1/s1. The largest absolute Gasteiger partial charge is 0.489 e. The maximum Gasteiger partial charge on any atom is 0.267 e. The summed E-state index contributed by atoms with van der Waals surface area (Å²) in [5.74, 6) is 1.88. The van der Waals surface area contributed by atoms with Gasteiger partial charge in [-0.2, -0.15) is 0 Å². The number of rotatable bonds is 3. The lowest BCUT2D eigenvalue weighted by Gasteiger charge is -2.35. The smallest absolute Gasteiger partial charge is 0.267 e. The SMILES string of the molecule is O=C([C@H]1COc2ccccc2O1)N1CCC(Oc2ccncc2Cl)CC1. The van der Waals surface area contributed by atoms with E-state index in [-0.39, 0.29) is 18.6 Å². The summed E-state index contributed by atoms with van der Waals surface area (Å²) in [5.41, 5.74) is 0. The van der Waals surface area contributed by atoms with Gasteiger partial charge in [-0.3, -0.25) is 9.78 Å². The average Bonchev–Trinajstić information content (AvgIpc) is 2.69. The average molecular weight is 375 g/mol. The number of carbonyl (C=O) groups excluding carboxylic acids is 1. The van der Waals surface area contributed by atoms with Gasteiger partial charge in [-0.15, -0.1) is 0 Å². The molecule has 26 heavy (non-hydrogen) atoms. The van der Waals surface area contributed by atoms with Crippen molar-refractivity contribution in [2.45, 2.75) is 25.0 Å². The van der Waals surface area contributed by atoms with Crippen molar-refractivity contribution in [3.63, 3.8) is 0 Å². The van der Waals surface area contributed by atoms with Crippen LogP contribution in [-0.2, 0) is 4.79 Å². The predicted octanol–water partition coefficient (Wildman–Crippen LogP) is 2.94. The molecule has 1 amide bonds. The summed E-state index contributed by atoms with van der Waals surface area (Å²) in [7, 11) is 0. The summed E-state index contributed by atoms with van der Waals surface area (Å²) in [6.07, 6.45) is 4.13. The fraction of sp³-hybridized carbons (Fsp3) is 0.368. The number of likely N-dealkylation sites (tertiary alicyclic amines) is 1. The number of halogens is 1. The molecular formula is C19H19ClN2O4. The molecule has 1 atom stereocenters. The van der Waals surface area contributed by atoms with Crippen LogP contribution in [0.4, 0.5) is 0 Å². The molecule has 4 rings (SSSR count). The maximum atomic E-state index is 12.7. The molecule has 0 aliphatic carbocycles. The van der Waals surface area contributed by atoms with Gasteiger partial charge in [0.15, 0.2) is 11.5 Å². The molecule has 1 fully saturated rings. The van der Waals surface area contributed by atoms with Crippen molar-refractivity contribution in [3.05, 3.63) is 47.7 Å². The summed E-state index contributed by atoms with van der Waals surface area (Å²) < 4.78 is 17.4. The predicted molar refractivity (Wildman–Crippen MR) is 95.8 cm³/mol. The van der Waals surface area contributed by atoms with Crippen LogP contribution in [0.2, 0.25) is 5.02 Å². The van der Waals surface area contributed by atoms with E-state index in [4.69, 9.17) is 25.8 Å². The van der Waals surface area contributed by atoms with Crippen molar-refractivity contribution in [1.82, 2.24) is 9.88 Å². The summed E-state index contributed by atoms with van der Waals surface area (Å²) >= 11 is 6.08. The fourth-order valence-corrected chi connectivity index (χ4v) is 3.34. The molecule has 2 aromatic rings. The lowest BCUT2D eigenvalue weighted by Crippen LogP contribution is -2.50. The van der Waals surface area contributed by atoms with E-state index < -0.39 is 6.10 Å². The zero-order valence-corrected chi connectivity index (χ0v) is 14.9. The number of ether oxygens (including phenoxy) is 3. The Hall–Kier alpha value is -2.47. The number of nitrogens with zero attached hydrogens (tertiary/aromatic N) is 2. The highest BCUT2D eigenvalue weighted by Gasteiger charge is 2.33. The number of hydrogen-bond acceptors (Lipinski definition) is 5. The second kappa shape index (κ2) is 7.41. The van der Waals surface area contributed by atoms with E-state index in [0.717, 1.165) is 12.8 Å². The van der Waals surface area contributed by atoms with Crippen LogP contribution in [0.3, 0.4) is 0 Å². The van der Waals surface area contributed by atoms with Crippen LogP contribution < -0.4 is 14.2 Å². The van der Waals surface area contributed by atoms with Crippen molar-refractivity contribution in [3.8, 4) is 17.2 Å². The molecule has 2 aliphatic rings. The summed E-state index contributed by atoms with van der Waals surface area (Å²) in [6, 6.07) is 9.15. The minimum Gasteiger partial charge on any atom is -0.489 e. The van der Waals surface area contributed by atoms with Crippen LogP contribution in [-0.4, -0.2) is 47.7 Å². The molecule has 0 radical (unpaired) electrons. The first-order valence-corrected chi connectivity index (χ1v) is 9.02. The molecule has 0 unspecified atom stereocenters. The van der Waals surface area contributed by atoms with Crippen molar-refractivity contribution in [2.24, 2.45) is 0 Å². The Kier molecular flexibility index (Phi) is 4.84. The van der Waals surface area contributed by atoms with Gasteiger partial charge in [0.2, 0.25) is 6.10 Å². The Morgan fingerprint density at radius 3 is 2.73 bits per heavy atom. The zero-order chi connectivity index (χ0) is 17.9. The third kappa shape index (κ3) is 3.55. The number of aromatic nitrogens is 1. The van der Waals surface area contributed by atoms with Gasteiger partial charge in [-0.25, -0.2) is 0 Å². The Morgan fingerprint density at radius 2 is 1.96 bits per heavy atom. The van der Waals surface area contributed by atoms with Crippen LogP contribution >= 0.6 is 11.6 Å². The van der Waals surface area contributed by atoms with Crippen LogP contribution in [0, 0.1) is 0 Å². The summed E-state index contributed by atoms with van der Waals surface area (Å²) in [6.45, 7) is 1.47. The van der Waals surface area contributed by atoms with E-state index in [1.807, 2.05) is 29.2 Å². The number of carbonyl (C=O) groups is 1. The van der Waals surface area contributed by atoms with Gasteiger partial charge >= 0.3 is 0 Å². The molecule has 1 aromatic heterocycles. The lowest BCUT2D eigenvalue weighted by molar-refractivity contribution is -0.143. The van der Waals surface area contributed by atoms with Crippen molar-refractivity contribution < 1.29 is 19.0 Å². The van der Waals surface area contributed by atoms with E-state index in [1.54, 1.807) is 18.5 Å². The molecule has 0 spiro atoms. The van der Waals surface area contributed by atoms with E-state index in [1.165, 1.54) is 0 Å². The highest BCUT2D eigenvalue weighted by atomic mass is 35.5. The lowest BCUT2D eigenvalue weighted by atomic mass is 10.1. The third-order valence-corrected chi connectivity index (χ3v) is 4.85. The zero-order valence-electron chi connectivity index (χ0n) is 14.1. The monoisotopic (exact) mass is 374 g/mol. The molecule has 3 heterocycles. The molecule has 0 N–H and O–H groups in total. The number of benzene rings is 1. The molecule has 0 saturated carbocycles. The number of pyridine rings is 1. The quantitative estimate of drug-likeness (QED) is 0.826. The molecule has 136 valence electrons. The third-order valence-electron chi connectivity index (χ3n) is 4.57. The van der Waals surface area contributed by atoms with Gasteiger partial charge in [-0.05, 0) is 12.1 Å². The Bertz CT molecular complexity index is 793. The van der Waals surface area contributed by atoms with Crippen LogP contribution in [0.25, 0.3) is 0 Å². The van der Waals surface area contributed by atoms with E-state index in [2.05, 4.69) is 4.98 Å². The Morgan fingerprint density at radius 1 is 1.19 bits per heavy atom. The minimum atomic E-state index is -0.600. The molecular weight excluding hydrogens is 356 g/mol. The molecule has 1 saturated heterocycles. The normalized spacial score (nSPS) is 19.9. The van der Waals surface area contributed by atoms with Crippen molar-refractivity contribution in [2.75, 3.05) is 19.7 Å². The van der Waals surface area contributed by atoms with Gasteiger partial charge in [0, 0.05) is 44.4 Å². The number of amides is 1. The van der Waals surface area contributed by atoms with Gasteiger partial charge < -0.3 is 19.1 Å². The van der Waals surface area contributed by atoms with Gasteiger partial charge in [0.25, 0.3) is 5.91 Å². The maximum absolute atomic E-state index is 12.7. The first-order chi connectivity index (χ1) is 12.7. The highest BCUT2D eigenvalue weighted by molar-refractivity contribution is 6.31. The number of para-hydroxylation sites is 2. The summed E-state index contributed by atoms with van der Waals surface area (Å²) in [4.78, 5) is 18.5. The number of hydrogen-bond donors (Lipinski definition) is 0. The van der Waals surface area contributed by atoms with Crippen molar-refractivity contribution >= 4 is 17.5 Å². The van der Waals surface area contributed by atoms with Gasteiger partial charge in [0.05, 0.1) is 0 Å². The van der Waals surface area contributed by atoms with Crippen molar-refractivity contribution in [1.29, 1.82) is 0 Å². The Labute approximate surface area is 156 Å². The first-order valence-electron chi connectivity index (χ1n) is 8.64.